The van der Waals surface area contributed by atoms with Crippen LogP contribution in [0.3, 0.4) is 0 Å². The number of pyridine rings is 1. The highest BCUT2D eigenvalue weighted by Crippen LogP contribution is 2.46. The van der Waals surface area contributed by atoms with Crippen LogP contribution < -0.4 is 0 Å². The summed E-state index contributed by atoms with van der Waals surface area (Å²) < 4.78 is 27.4. The van der Waals surface area contributed by atoms with Gasteiger partial charge in [-0.3, -0.25) is 0 Å². The van der Waals surface area contributed by atoms with E-state index in [1.165, 1.54) is 4.52 Å². The molecule has 0 amide bonds. The van der Waals surface area contributed by atoms with E-state index in [2.05, 4.69) is 10.1 Å². The van der Waals surface area contributed by atoms with Gasteiger partial charge in [-0.2, -0.15) is 5.10 Å². The SMILES string of the molecule is Cc1nc2cc(C3CC3)c(C(F)F)c(Cl)n2n1. The summed E-state index contributed by atoms with van der Waals surface area (Å²) in [7, 11) is 0. The highest BCUT2D eigenvalue weighted by atomic mass is 35.5. The van der Waals surface area contributed by atoms with E-state index in [9.17, 15) is 8.78 Å². The standard InChI is InChI=1S/C11H10ClF2N3/c1-5-15-8-4-7(6-2-3-6)9(11(13)14)10(12)17(8)16-5/h4,6,11H,2-3H2,1H3. The van der Waals surface area contributed by atoms with Crippen LogP contribution in [0.25, 0.3) is 5.65 Å². The molecule has 3 nitrogen and oxygen atoms in total. The monoisotopic (exact) mass is 257 g/mol. The van der Waals surface area contributed by atoms with Crippen molar-refractivity contribution in [3.63, 3.8) is 0 Å². The summed E-state index contributed by atoms with van der Waals surface area (Å²) in [5, 5.41) is 4.00. The Labute approximate surface area is 101 Å². The molecule has 1 aliphatic rings. The van der Waals surface area contributed by atoms with Crippen LogP contribution in [0.5, 0.6) is 0 Å². The van der Waals surface area contributed by atoms with Gasteiger partial charge in [-0.1, -0.05) is 11.6 Å². The van der Waals surface area contributed by atoms with Gasteiger partial charge >= 0.3 is 0 Å². The fourth-order valence-electron chi connectivity index (χ4n) is 2.07. The zero-order chi connectivity index (χ0) is 12.2. The molecule has 2 heterocycles. The fourth-order valence-corrected chi connectivity index (χ4v) is 2.38. The van der Waals surface area contributed by atoms with Gasteiger partial charge in [-0.05, 0) is 37.3 Å². The molecule has 0 spiro atoms. The predicted molar refractivity (Wildman–Crippen MR) is 59.7 cm³/mol. The maximum Gasteiger partial charge on any atom is 0.267 e. The van der Waals surface area contributed by atoms with Gasteiger partial charge in [-0.25, -0.2) is 18.3 Å². The quantitative estimate of drug-likeness (QED) is 0.771. The molecule has 0 bridgehead atoms. The number of aryl methyl sites for hydroxylation is 1. The summed E-state index contributed by atoms with van der Waals surface area (Å²) in [6.07, 6.45) is -0.689. The molecule has 1 saturated carbocycles. The van der Waals surface area contributed by atoms with Crippen molar-refractivity contribution in [1.82, 2.24) is 14.6 Å². The van der Waals surface area contributed by atoms with Crippen LogP contribution in [0.15, 0.2) is 6.07 Å². The summed E-state index contributed by atoms with van der Waals surface area (Å²) in [6, 6.07) is 1.69. The van der Waals surface area contributed by atoms with Crippen molar-refractivity contribution in [2.75, 3.05) is 0 Å². The number of fused-ring (bicyclic) bond motifs is 1. The van der Waals surface area contributed by atoms with Gasteiger partial charge in [0.05, 0.1) is 5.56 Å². The Morgan fingerprint density at radius 3 is 2.76 bits per heavy atom. The number of rotatable bonds is 2. The second kappa shape index (κ2) is 3.63. The van der Waals surface area contributed by atoms with Crippen LogP contribution >= 0.6 is 11.6 Å². The van der Waals surface area contributed by atoms with Gasteiger partial charge in [-0.15, -0.1) is 0 Å². The lowest BCUT2D eigenvalue weighted by molar-refractivity contribution is 0.149. The first kappa shape index (κ1) is 10.9. The molecule has 17 heavy (non-hydrogen) atoms. The fraction of sp³-hybridized carbons (Fsp3) is 0.455. The number of halogens is 3. The largest absolute Gasteiger partial charge is 0.267 e. The Bertz CT molecular complexity index is 590. The molecule has 0 aromatic carbocycles. The van der Waals surface area contributed by atoms with E-state index in [0.29, 0.717) is 17.0 Å². The molecular weight excluding hydrogens is 248 g/mol. The number of hydrogen-bond acceptors (Lipinski definition) is 2. The van der Waals surface area contributed by atoms with E-state index in [4.69, 9.17) is 11.6 Å². The van der Waals surface area contributed by atoms with E-state index < -0.39 is 6.43 Å². The minimum absolute atomic E-state index is 0.0139. The van der Waals surface area contributed by atoms with E-state index in [-0.39, 0.29) is 16.6 Å². The first-order chi connectivity index (χ1) is 8.08. The molecular formula is C11H10ClF2N3. The average Bonchev–Trinajstić information content (AvgIpc) is 3.00. The minimum atomic E-state index is -2.58. The molecule has 0 unspecified atom stereocenters. The third-order valence-corrected chi connectivity index (χ3v) is 3.34. The molecule has 3 rings (SSSR count). The first-order valence-corrected chi connectivity index (χ1v) is 5.79. The molecule has 0 aliphatic heterocycles. The van der Waals surface area contributed by atoms with E-state index in [1.807, 2.05) is 0 Å². The molecule has 0 atom stereocenters. The summed E-state index contributed by atoms with van der Waals surface area (Å²) in [6.45, 7) is 1.71. The Hall–Kier alpha value is -1.23. The lowest BCUT2D eigenvalue weighted by Gasteiger charge is -2.10. The van der Waals surface area contributed by atoms with Crippen molar-refractivity contribution in [1.29, 1.82) is 0 Å². The maximum absolute atomic E-state index is 13.1. The summed E-state index contributed by atoms with van der Waals surface area (Å²) in [5.41, 5.74) is 1.08. The third-order valence-electron chi connectivity index (χ3n) is 2.98. The lowest BCUT2D eigenvalue weighted by atomic mass is 10.1. The zero-order valence-corrected chi connectivity index (χ0v) is 9.88. The topological polar surface area (TPSA) is 30.2 Å². The average molecular weight is 258 g/mol. The first-order valence-electron chi connectivity index (χ1n) is 5.41. The van der Waals surface area contributed by atoms with Gasteiger partial charge in [0.15, 0.2) is 5.65 Å². The second-order valence-electron chi connectivity index (χ2n) is 4.31. The smallest absolute Gasteiger partial charge is 0.212 e. The van der Waals surface area contributed by atoms with Crippen LogP contribution in [-0.4, -0.2) is 14.6 Å². The molecule has 2 aromatic rings. The molecule has 0 N–H and O–H groups in total. The number of nitrogens with zero attached hydrogens (tertiary/aromatic N) is 3. The Balaban J connectivity index is 2.32. The predicted octanol–water partition coefficient (Wildman–Crippen LogP) is 3.51. The minimum Gasteiger partial charge on any atom is -0.212 e. The molecule has 90 valence electrons. The third kappa shape index (κ3) is 1.69. The van der Waals surface area contributed by atoms with Crippen molar-refractivity contribution in [3.05, 3.63) is 28.2 Å². The van der Waals surface area contributed by atoms with Crippen molar-refractivity contribution in [2.45, 2.75) is 32.1 Å². The van der Waals surface area contributed by atoms with Gasteiger partial charge in [0.1, 0.15) is 11.0 Å². The summed E-state index contributed by atoms with van der Waals surface area (Å²) >= 11 is 6.01. The maximum atomic E-state index is 13.1. The van der Waals surface area contributed by atoms with E-state index in [0.717, 1.165) is 12.8 Å². The highest BCUT2D eigenvalue weighted by molar-refractivity contribution is 6.30. The van der Waals surface area contributed by atoms with Crippen molar-refractivity contribution in [3.8, 4) is 0 Å². The summed E-state index contributed by atoms with van der Waals surface area (Å²) in [4.78, 5) is 4.17. The van der Waals surface area contributed by atoms with Crippen LogP contribution in [0, 0.1) is 6.92 Å². The molecule has 1 fully saturated rings. The normalized spacial score (nSPS) is 16.1. The van der Waals surface area contributed by atoms with Gasteiger partial charge < -0.3 is 0 Å². The van der Waals surface area contributed by atoms with Crippen molar-refractivity contribution >= 4 is 17.2 Å². The molecule has 1 aliphatic carbocycles. The zero-order valence-electron chi connectivity index (χ0n) is 9.12. The molecule has 2 aromatic heterocycles. The molecule has 6 heteroatoms. The van der Waals surface area contributed by atoms with E-state index in [1.54, 1.807) is 13.0 Å². The second-order valence-corrected chi connectivity index (χ2v) is 4.67. The van der Waals surface area contributed by atoms with Gasteiger partial charge in [0.2, 0.25) is 0 Å². The Kier molecular flexibility index (Phi) is 2.33. The van der Waals surface area contributed by atoms with E-state index >= 15 is 0 Å². The highest BCUT2D eigenvalue weighted by Gasteiger charge is 2.32. The van der Waals surface area contributed by atoms with Gasteiger partial charge in [0.25, 0.3) is 6.43 Å². The van der Waals surface area contributed by atoms with Gasteiger partial charge in [0, 0.05) is 0 Å². The van der Waals surface area contributed by atoms with Crippen LogP contribution in [0.1, 0.15) is 42.1 Å². The summed E-state index contributed by atoms with van der Waals surface area (Å²) in [5.74, 6) is 0.735. The Morgan fingerprint density at radius 2 is 2.18 bits per heavy atom. The van der Waals surface area contributed by atoms with Crippen LogP contribution in [0.4, 0.5) is 8.78 Å². The number of alkyl halides is 2. The van der Waals surface area contributed by atoms with Crippen molar-refractivity contribution in [2.24, 2.45) is 0 Å². The molecule has 0 saturated heterocycles. The molecule has 0 radical (unpaired) electrons. The van der Waals surface area contributed by atoms with Crippen molar-refractivity contribution < 1.29 is 8.78 Å². The Morgan fingerprint density at radius 1 is 1.47 bits per heavy atom. The number of aromatic nitrogens is 3. The van der Waals surface area contributed by atoms with Crippen LogP contribution in [-0.2, 0) is 0 Å². The lowest BCUT2D eigenvalue weighted by Crippen LogP contribution is -2.01. The number of hydrogen-bond donors (Lipinski definition) is 0. The van der Waals surface area contributed by atoms with Crippen LogP contribution in [0.2, 0.25) is 5.15 Å².